The van der Waals surface area contributed by atoms with Gasteiger partial charge in [-0.3, -0.25) is 4.79 Å². The minimum Gasteiger partial charge on any atom is -0.380 e. The van der Waals surface area contributed by atoms with Crippen molar-refractivity contribution in [2.75, 3.05) is 14.2 Å². The van der Waals surface area contributed by atoms with Crippen molar-refractivity contribution in [2.45, 2.75) is 19.6 Å². The second kappa shape index (κ2) is 7.93. The maximum atomic E-state index is 12.8. The fourth-order valence-corrected chi connectivity index (χ4v) is 2.81. The quantitative estimate of drug-likeness (QED) is 0.685. The predicted octanol–water partition coefficient (Wildman–Crippen LogP) is 3.25. The average Bonchev–Trinajstić information content (AvgIpc) is 3.22. The van der Waals surface area contributed by atoms with Crippen molar-refractivity contribution in [3.63, 3.8) is 0 Å². The molecule has 6 nitrogen and oxygen atoms in total. The van der Waals surface area contributed by atoms with Crippen LogP contribution in [-0.4, -0.2) is 39.7 Å². The van der Waals surface area contributed by atoms with Gasteiger partial charge in [0.25, 0.3) is 5.91 Å². The second-order valence-electron chi connectivity index (χ2n) is 6.16. The minimum atomic E-state index is -0.0571. The molecule has 1 heterocycles. The van der Waals surface area contributed by atoms with E-state index in [1.807, 2.05) is 62.5 Å². The van der Waals surface area contributed by atoms with Gasteiger partial charge in [-0.15, -0.1) is 0 Å². The molecule has 0 radical (unpaired) electrons. The molecule has 1 atom stereocenters. The van der Waals surface area contributed by atoms with Crippen LogP contribution in [0.15, 0.2) is 61.2 Å². The van der Waals surface area contributed by atoms with Crippen molar-refractivity contribution in [1.82, 2.24) is 19.7 Å². The molecular weight excluding hydrogens is 328 g/mol. The Morgan fingerprint density at radius 1 is 1.23 bits per heavy atom. The maximum absolute atomic E-state index is 12.8. The number of amides is 1. The number of hydrogen-bond donors (Lipinski definition) is 0. The van der Waals surface area contributed by atoms with E-state index in [4.69, 9.17) is 4.74 Å². The average molecular weight is 350 g/mol. The van der Waals surface area contributed by atoms with Crippen molar-refractivity contribution in [2.24, 2.45) is 0 Å². The van der Waals surface area contributed by atoms with Gasteiger partial charge in [0.15, 0.2) is 0 Å². The van der Waals surface area contributed by atoms with E-state index in [0.717, 1.165) is 16.8 Å². The zero-order chi connectivity index (χ0) is 18.5. The van der Waals surface area contributed by atoms with E-state index in [-0.39, 0.29) is 11.9 Å². The van der Waals surface area contributed by atoms with Gasteiger partial charge in [-0.05, 0) is 42.3 Å². The first kappa shape index (κ1) is 17.8. The summed E-state index contributed by atoms with van der Waals surface area (Å²) in [5.41, 5.74) is 3.63. The largest absolute Gasteiger partial charge is 0.380 e. The van der Waals surface area contributed by atoms with E-state index in [1.54, 1.807) is 23.0 Å². The van der Waals surface area contributed by atoms with Crippen molar-refractivity contribution in [3.05, 3.63) is 77.9 Å². The summed E-state index contributed by atoms with van der Waals surface area (Å²) in [4.78, 5) is 18.5. The highest BCUT2D eigenvalue weighted by molar-refractivity contribution is 5.94. The van der Waals surface area contributed by atoms with Crippen LogP contribution in [0.25, 0.3) is 5.69 Å². The second-order valence-corrected chi connectivity index (χ2v) is 6.16. The first-order valence-corrected chi connectivity index (χ1v) is 8.40. The number of methoxy groups -OCH3 is 1. The molecule has 26 heavy (non-hydrogen) atoms. The number of aromatic nitrogens is 3. The molecule has 1 unspecified atom stereocenters. The molecule has 3 aromatic rings. The Hall–Kier alpha value is -2.99. The first-order chi connectivity index (χ1) is 12.6. The number of benzene rings is 2. The topological polar surface area (TPSA) is 60.2 Å². The molecule has 0 saturated heterocycles. The lowest BCUT2D eigenvalue weighted by Crippen LogP contribution is -2.29. The standard InChI is InChI=1S/C20H22N4O2/c1-15(17-7-9-19(10-8-17)24-14-21-13-22-24)23(2)20(25)18-6-4-5-16(11-18)12-26-3/h4-11,13-15H,12H2,1-3H3. The van der Waals surface area contributed by atoms with Gasteiger partial charge < -0.3 is 9.64 Å². The summed E-state index contributed by atoms with van der Waals surface area (Å²) >= 11 is 0. The molecule has 0 saturated carbocycles. The van der Waals surface area contributed by atoms with Crippen LogP contribution in [0.4, 0.5) is 0 Å². The molecule has 0 aliphatic carbocycles. The van der Waals surface area contributed by atoms with E-state index < -0.39 is 0 Å². The third-order valence-electron chi connectivity index (χ3n) is 4.45. The van der Waals surface area contributed by atoms with Crippen LogP contribution in [0.2, 0.25) is 0 Å². The van der Waals surface area contributed by atoms with E-state index in [2.05, 4.69) is 10.1 Å². The minimum absolute atomic E-state index is 0.0178. The van der Waals surface area contributed by atoms with Crippen LogP contribution in [0.3, 0.4) is 0 Å². The Morgan fingerprint density at radius 2 is 2.00 bits per heavy atom. The molecular formula is C20H22N4O2. The van der Waals surface area contributed by atoms with Gasteiger partial charge >= 0.3 is 0 Å². The first-order valence-electron chi connectivity index (χ1n) is 8.40. The summed E-state index contributed by atoms with van der Waals surface area (Å²) in [5, 5.41) is 4.12. The Balaban J connectivity index is 1.75. The molecule has 0 spiro atoms. The zero-order valence-electron chi connectivity index (χ0n) is 15.2. The lowest BCUT2D eigenvalue weighted by molar-refractivity contribution is 0.0742. The van der Waals surface area contributed by atoms with Crippen LogP contribution in [0.1, 0.15) is 34.5 Å². The van der Waals surface area contributed by atoms with Crippen LogP contribution < -0.4 is 0 Å². The highest BCUT2D eigenvalue weighted by Crippen LogP contribution is 2.22. The van der Waals surface area contributed by atoms with Crippen LogP contribution in [0.5, 0.6) is 0 Å². The molecule has 1 amide bonds. The number of nitrogens with zero attached hydrogens (tertiary/aromatic N) is 4. The van der Waals surface area contributed by atoms with Crippen molar-refractivity contribution in [3.8, 4) is 5.69 Å². The molecule has 134 valence electrons. The summed E-state index contributed by atoms with van der Waals surface area (Å²) in [6.07, 6.45) is 3.15. The Labute approximate surface area is 153 Å². The number of rotatable bonds is 6. The Bertz CT molecular complexity index is 860. The molecule has 2 aromatic carbocycles. The SMILES string of the molecule is COCc1cccc(C(=O)N(C)C(C)c2ccc(-n3cncn3)cc2)c1. The van der Waals surface area contributed by atoms with Gasteiger partial charge in [-0.2, -0.15) is 5.10 Å². The lowest BCUT2D eigenvalue weighted by atomic mass is 10.0. The van der Waals surface area contributed by atoms with Crippen molar-refractivity contribution in [1.29, 1.82) is 0 Å². The molecule has 0 aliphatic heterocycles. The maximum Gasteiger partial charge on any atom is 0.254 e. The van der Waals surface area contributed by atoms with Crippen LogP contribution in [-0.2, 0) is 11.3 Å². The molecule has 6 heteroatoms. The summed E-state index contributed by atoms with van der Waals surface area (Å²) in [6.45, 7) is 2.51. The zero-order valence-corrected chi connectivity index (χ0v) is 15.2. The summed E-state index contributed by atoms with van der Waals surface area (Å²) < 4.78 is 6.84. The molecule has 3 rings (SSSR count). The summed E-state index contributed by atoms with van der Waals surface area (Å²) in [5.74, 6) is -0.0178. The smallest absolute Gasteiger partial charge is 0.254 e. The van der Waals surface area contributed by atoms with E-state index >= 15 is 0 Å². The highest BCUT2D eigenvalue weighted by Gasteiger charge is 2.19. The monoisotopic (exact) mass is 350 g/mol. The predicted molar refractivity (Wildman–Crippen MR) is 99.0 cm³/mol. The van der Waals surface area contributed by atoms with Crippen LogP contribution in [0, 0.1) is 0 Å². The summed E-state index contributed by atoms with van der Waals surface area (Å²) in [6, 6.07) is 15.4. The molecule has 0 bridgehead atoms. The van der Waals surface area contributed by atoms with E-state index in [9.17, 15) is 4.79 Å². The Morgan fingerprint density at radius 3 is 2.65 bits per heavy atom. The number of carbonyl (C=O) groups excluding carboxylic acids is 1. The van der Waals surface area contributed by atoms with Crippen LogP contribution >= 0.6 is 0 Å². The van der Waals surface area contributed by atoms with Gasteiger partial charge in [-0.1, -0.05) is 24.3 Å². The molecule has 0 fully saturated rings. The van der Waals surface area contributed by atoms with Gasteiger partial charge in [0, 0.05) is 19.7 Å². The highest BCUT2D eigenvalue weighted by atomic mass is 16.5. The molecule has 0 N–H and O–H groups in total. The number of hydrogen-bond acceptors (Lipinski definition) is 4. The molecule has 0 aliphatic rings. The van der Waals surface area contributed by atoms with E-state index in [1.165, 1.54) is 6.33 Å². The fourth-order valence-electron chi connectivity index (χ4n) is 2.81. The van der Waals surface area contributed by atoms with E-state index in [0.29, 0.717) is 12.2 Å². The molecule has 1 aromatic heterocycles. The van der Waals surface area contributed by atoms with Gasteiger partial charge in [0.05, 0.1) is 18.3 Å². The van der Waals surface area contributed by atoms with Crippen molar-refractivity contribution < 1.29 is 9.53 Å². The third kappa shape index (κ3) is 3.81. The third-order valence-corrected chi connectivity index (χ3v) is 4.45. The summed E-state index contributed by atoms with van der Waals surface area (Å²) in [7, 11) is 3.47. The van der Waals surface area contributed by atoms with Gasteiger partial charge in [0.2, 0.25) is 0 Å². The number of ether oxygens (including phenoxy) is 1. The van der Waals surface area contributed by atoms with Gasteiger partial charge in [0.1, 0.15) is 12.7 Å². The lowest BCUT2D eigenvalue weighted by Gasteiger charge is -2.26. The fraction of sp³-hybridized carbons (Fsp3) is 0.250. The van der Waals surface area contributed by atoms with Crippen molar-refractivity contribution >= 4 is 5.91 Å². The Kier molecular flexibility index (Phi) is 5.43. The number of carbonyl (C=O) groups is 1. The van der Waals surface area contributed by atoms with Gasteiger partial charge in [-0.25, -0.2) is 9.67 Å². The normalized spacial score (nSPS) is 12.0.